The van der Waals surface area contributed by atoms with E-state index in [-0.39, 0.29) is 18.2 Å². The van der Waals surface area contributed by atoms with Gasteiger partial charge in [-0.3, -0.25) is 0 Å². The average molecular weight is 378 g/mol. The molecule has 0 bridgehead atoms. The number of nitrogens with zero attached hydrogens (tertiary/aromatic N) is 2. The predicted molar refractivity (Wildman–Crippen MR) is 95.4 cm³/mol. The number of hydrogen-bond donors (Lipinski definition) is 1. The lowest BCUT2D eigenvalue weighted by Gasteiger charge is -2.05. The van der Waals surface area contributed by atoms with Gasteiger partial charge in [-0.05, 0) is 30.7 Å². The normalized spacial score (nSPS) is 11.6. The molecule has 0 saturated heterocycles. The highest BCUT2D eigenvalue weighted by Gasteiger charge is 2.15. The number of halogens is 1. The van der Waals surface area contributed by atoms with Crippen LogP contribution in [0.25, 0.3) is 11.4 Å². The molecule has 8 heteroatoms. The summed E-state index contributed by atoms with van der Waals surface area (Å²) in [6.45, 7) is 1.90. The topological polar surface area (TPSA) is 85.1 Å². The number of nitrogens with one attached hydrogen (secondary N) is 1. The molecule has 25 heavy (non-hydrogen) atoms. The van der Waals surface area contributed by atoms with Crippen molar-refractivity contribution in [2.45, 2.75) is 19.2 Å². The van der Waals surface area contributed by atoms with Gasteiger partial charge < -0.3 is 4.52 Å². The van der Waals surface area contributed by atoms with Gasteiger partial charge in [0.25, 0.3) is 0 Å². The molecule has 1 aromatic heterocycles. The van der Waals surface area contributed by atoms with Gasteiger partial charge in [0.05, 0.1) is 12.3 Å². The van der Waals surface area contributed by atoms with Crippen LogP contribution in [0, 0.1) is 6.92 Å². The second kappa shape index (κ2) is 7.35. The average Bonchev–Trinajstić information content (AvgIpc) is 3.02. The quantitative estimate of drug-likeness (QED) is 0.712. The van der Waals surface area contributed by atoms with Crippen molar-refractivity contribution in [1.82, 2.24) is 14.9 Å². The van der Waals surface area contributed by atoms with Crippen molar-refractivity contribution in [2.24, 2.45) is 0 Å². The first kappa shape index (κ1) is 17.6. The Morgan fingerprint density at radius 3 is 2.72 bits per heavy atom. The lowest BCUT2D eigenvalue weighted by atomic mass is 10.1. The molecule has 0 aliphatic rings. The van der Waals surface area contributed by atoms with Gasteiger partial charge in [-0.15, -0.1) is 0 Å². The third-order valence-electron chi connectivity index (χ3n) is 3.43. The molecule has 1 heterocycles. The molecular formula is C17H16ClN3O3S. The Hall–Kier alpha value is -2.22. The summed E-state index contributed by atoms with van der Waals surface area (Å²) in [5, 5.41) is 4.38. The summed E-state index contributed by atoms with van der Waals surface area (Å²) in [7, 11) is -3.55. The van der Waals surface area contributed by atoms with Crippen LogP contribution in [0.5, 0.6) is 0 Å². The second-order valence-electron chi connectivity index (χ2n) is 5.59. The lowest BCUT2D eigenvalue weighted by Crippen LogP contribution is -2.24. The first-order chi connectivity index (χ1) is 11.9. The predicted octanol–water partition coefficient (Wildman–Crippen LogP) is 3.32. The molecule has 3 aromatic rings. The monoisotopic (exact) mass is 377 g/mol. The maximum absolute atomic E-state index is 12.2. The number of aryl methyl sites for hydroxylation is 1. The molecule has 3 rings (SSSR count). The molecule has 0 unspecified atom stereocenters. The summed E-state index contributed by atoms with van der Waals surface area (Å²) < 4.78 is 31.9. The fourth-order valence-corrected chi connectivity index (χ4v) is 3.57. The van der Waals surface area contributed by atoms with Crippen LogP contribution in [0.15, 0.2) is 53.1 Å². The van der Waals surface area contributed by atoms with Crippen LogP contribution >= 0.6 is 11.6 Å². The second-order valence-corrected chi connectivity index (χ2v) is 7.83. The van der Waals surface area contributed by atoms with Gasteiger partial charge in [0.1, 0.15) is 0 Å². The molecule has 0 saturated carbocycles. The third kappa shape index (κ3) is 4.88. The van der Waals surface area contributed by atoms with Crippen LogP contribution in [0.2, 0.25) is 5.02 Å². The Balaban J connectivity index is 1.65. The van der Waals surface area contributed by atoms with Crippen LogP contribution in [-0.4, -0.2) is 18.6 Å². The fourth-order valence-electron chi connectivity index (χ4n) is 2.30. The summed E-state index contributed by atoms with van der Waals surface area (Å²) in [6.07, 6.45) is 0. The van der Waals surface area contributed by atoms with Crippen molar-refractivity contribution >= 4 is 21.6 Å². The minimum Gasteiger partial charge on any atom is -0.338 e. The van der Waals surface area contributed by atoms with Crippen LogP contribution in [-0.2, 0) is 22.3 Å². The van der Waals surface area contributed by atoms with Crippen LogP contribution in [0.3, 0.4) is 0 Å². The van der Waals surface area contributed by atoms with Crippen LogP contribution in [0.4, 0.5) is 0 Å². The van der Waals surface area contributed by atoms with E-state index in [0.717, 1.165) is 11.1 Å². The minimum atomic E-state index is -3.55. The number of rotatable bonds is 6. The van der Waals surface area contributed by atoms with E-state index in [1.165, 1.54) is 0 Å². The van der Waals surface area contributed by atoms with E-state index < -0.39 is 10.0 Å². The van der Waals surface area contributed by atoms with Gasteiger partial charge in [-0.1, -0.05) is 52.7 Å². The SMILES string of the molecule is Cc1cccc(-c2noc(CNS(=O)(=O)Cc3cccc(Cl)c3)n2)c1. The molecule has 0 atom stereocenters. The third-order valence-corrected chi connectivity index (χ3v) is 4.97. The molecule has 0 aliphatic carbocycles. The number of aromatic nitrogens is 2. The lowest BCUT2D eigenvalue weighted by molar-refractivity contribution is 0.376. The standard InChI is InChI=1S/C17H16ClN3O3S/c1-12-4-2-6-14(8-12)17-20-16(24-21-17)10-19-25(22,23)11-13-5-3-7-15(18)9-13/h2-9,19H,10-11H2,1H3. The molecule has 0 radical (unpaired) electrons. The van der Waals surface area contributed by atoms with Crippen molar-refractivity contribution in [3.8, 4) is 11.4 Å². The maximum Gasteiger partial charge on any atom is 0.242 e. The summed E-state index contributed by atoms with van der Waals surface area (Å²) >= 11 is 5.87. The highest BCUT2D eigenvalue weighted by atomic mass is 35.5. The van der Waals surface area contributed by atoms with Crippen molar-refractivity contribution in [3.63, 3.8) is 0 Å². The Labute approximate surface area is 150 Å². The van der Waals surface area contributed by atoms with Crippen molar-refractivity contribution in [3.05, 3.63) is 70.6 Å². The molecular weight excluding hydrogens is 362 g/mol. The number of sulfonamides is 1. The molecule has 0 aliphatic heterocycles. The summed E-state index contributed by atoms with van der Waals surface area (Å²) in [6, 6.07) is 14.4. The van der Waals surface area contributed by atoms with E-state index in [2.05, 4.69) is 14.9 Å². The van der Waals surface area contributed by atoms with Crippen molar-refractivity contribution in [2.75, 3.05) is 0 Å². The summed E-state index contributed by atoms with van der Waals surface area (Å²) in [5.41, 5.74) is 2.49. The molecule has 130 valence electrons. The Morgan fingerprint density at radius 2 is 1.96 bits per heavy atom. The highest BCUT2D eigenvalue weighted by molar-refractivity contribution is 7.88. The van der Waals surface area contributed by atoms with Gasteiger partial charge in [0, 0.05) is 10.6 Å². The van der Waals surface area contributed by atoms with Gasteiger partial charge >= 0.3 is 0 Å². The number of benzene rings is 2. The Kier molecular flexibility index (Phi) is 5.17. The van der Waals surface area contributed by atoms with E-state index in [0.29, 0.717) is 16.4 Å². The number of hydrogen-bond acceptors (Lipinski definition) is 5. The fraction of sp³-hybridized carbons (Fsp3) is 0.176. The molecule has 6 nitrogen and oxygen atoms in total. The van der Waals surface area contributed by atoms with E-state index in [4.69, 9.17) is 16.1 Å². The van der Waals surface area contributed by atoms with Crippen LogP contribution < -0.4 is 4.72 Å². The molecule has 1 N–H and O–H groups in total. The van der Waals surface area contributed by atoms with Crippen LogP contribution in [0.1, 0.15) is 17.0 Å². The smallest absolute Gasteiger partial charge is 0.242 e. The van der Waals surface area contributed by atoms with Gasteiger partial charge in [-0.2, -0.15) is 4.98 Å². The molecule has 2 aromatic carbocycles. The van der Waals surface area contributed by atoms with Crippen molar-refractivity contribution in [1.29, 1.82) is 0 Å². The van der Waals surface area contributed by atoms with Gasteiger partial charge in [-0.25, -0.2) is 13.1 Å². The first-order valence-electron chi connectivity index (χ1n) is 7.53. The van der Waals surface area contributed by atoms with E-state index >= 15 is 0 Å². The zero-order chi connectivity index (χ0) is 17.9. The molecule has 0 fully saturated rings. The zero-order valence-corrected chi connectivity index (χ0v) is 15.0. The molecule has 0 spiro atoms. The highest BCUT2D eigenvalue weighted by Crippen LogP contribution is 2.17. The Bertz CT molecular complexity index is 986. The Morgan fingerprint density at radius 1 is 1.16 bits per heavy atom. The first-order valence-corrected chi connectivity index (χ1v) is 9.56. The van der Waals surface area contributed by atoms with Gasteiger partial charge in [0.15, 0.2) is 0 Å². The van der Waals surface area contributed by atoms with Crippen molar-refractivity contribution < 1.29 is 12.9 Å². The van der Waals surface area contributed by atoms with E-state index in [1.807, 2.05) is 31.2 Å². The zero-order valence-electron chi connectivity index (χ0n) is 13.4. The molecule has 0 amide bonds. The van der Waals surface area contributed by atoms with E-state index in [1.54, 1.807) is 24.3 Å². The summed E-state index contributed by atoms with van der Waals surface area (Å²) in [4.78, 5) is 4.22. The van der Waals surface area contributed by atoms with E-state index in [9.17, 15) is 8.42 Å². The largest absolute Gasteiger partial charge is 0.338 e. The van der Waals surface area contributed by atoms with Gasteiger partial charge in [0.2, 0.25) is 21.7 Å². The minimum absolute atomic E-state index is 0.0677. The summed E-state index contributed by atoms with van der Waals surface area (Å²) in [5.74, 6) is 0.450. The maximum atomic E-state index is 12.2.